The average molecular weight is 904 g/mol. The van der Waals surface area contributed by atoms with E-state index in [9.17, 15) is 0 Å². The molecule has 0 bridgehead atoms. The molecule has 3 heterocycles. The molecule has 0 radical (unpaired) electrons. The number of para-hydroxylation sites is 4. The van der Waals surface area contributed by atoms with Gasteiger partial charge in [0.1, 0.15) is 5.84 Å². The number of benzene rings is 9. The molecule has 1 spiro atoms. The molecule has 9 aromatic carbocycles. The Kier molecular flexibility index (Phi) is 11.5. The van der Waals surface area contributed by atoms with Crippen LogP contribution in [0.1, 0.15) is 39.8 Å². The first-order chi connectivity index (χ1) is 34.4. The second-order valence-corrected chi connectivity index (χ2v) is 18.1. The van der Waals surface area contributed by atoms with Crippen LogP contribution in [0.3, 0.4) is 0 Å². The summed E-state index contributed by atoms with van der Waals surface area (Å²) < 4.78 is 4.69. The Morgan fingerprint density at radius 1 is 0.557 bits per heavy atom. The lowest BCUT2D eigenvalue weighted by atomic mass is 9.69. The molecule has 5 heteroatoms. The summed E-state index contributed by atoms with van der Waals surface area (Å²) in [6.07, 6.45) is 9.36. The number of hydrogen-bond donors (Lipinski definition) is 3. The van der Waals surface area contributed by atoms with Crippen LogP contribution < -0.4 is 11.5 Å². The number of nitrogens with one attached hydrogen (secondary N) is 1. The van der Waals surface area contributed by atoms with Crippen molar-refractivity contribution < 1.29 is 0 Å². The molecule has 11 aromatic rings. The quantitative estimate of drug-likeness (QED) is 0.121. The fourth-order valence-corrected chi connectivity index (χ4v) is 10.9. The SMILES string of the molecule is C=C1/C=C\C=C/CC2(c3ccc(-c4ccc5c(c4)c4ccccc4n5-c4ccccc4)cc3-c3c(C(=N)N)cccc32)c2cccc3c4ccccc4n1c23.Cc1ccccc1.NCc1ccccc1. The lowest BCUT2D eigenvalue weighted by Gasteiger charge is -2.33. The van der Waals surface area contributed by atoms with Gasteiger partial charge in [0, 0.05) is 45.0 Å². The van der Waals surface area contributed by atoms with Crippen LogP contribution in [-0.2, 0) is 12.0 Å². The molecule has 5 nitrogen and oxygen atoms in total. The number of nitrogen functional groups attached to an aromatic ring is 1. The van der Waals surface area contributed by atoms with Gasteiger partial charge in [0.05, 0.1) is 27.5 Å². The normalized spacial score (nSPS) is 15.4. The number of aryl methyl sites for hydroxylation is 1. The Morgan fingerprint density at radius 3 is 1.83 bits per heavy atom. The van der Waals surface area contributed by atoms with E-state index >= 15 is 0 Å². The standard InChI is InChI=1S/C51H36N4.C7H9N.C7H8/c1-32-14-4-3-11-29-51(44-22-12-19-38-36-17-7-9-23-45(36)54(32)49(38)44)42-27-25-33(31-41(42)48-39(50(52)53)20-13-21-43(48)51)34-26-28-47-40(30-34)37-18-8-10-24-46(37)55(47)35-15-5-2-6-16-35;8-6-7-4-2-1-3-5-7;1-7-5-3-2-4-6-7/h2-28,30-31H,1,29H2,(H3,52,53);1-5H,6,8H2;2-6H,1H3/b11-3-,14-4-;;. The summed E-state index contributed by atoms with van der Waals surface area (Å²) in [6, 6.07) is 75.0. The Labute approximate surface area is 409 Å². The molecule has 1 aliphatic heterocycles. The van der Waals surface area contributed by atoms with E-state index in [1.165, 1.54) is 54.8 Å². The van der Waals surface area contributed by atoms with Crippen LogP contribution in [0.5, 0.6) is 0 Å². The lowest BCUT2D eigenvalue weighted by molar-refractivity contribution is 0.648. The first-order valence-electron chi connectivity index (χ1n) is 23.9. The van der Waals surface area contributed by atoms with Crippen molar-refractivity contribution in [2.75, 3.05) is 0 Å². The number of fused-ring (bicyclic) bond motifs is 12. The summed E-state index contributed by atoms with van der Waals surface area (Å²) in [4.78, 5) is 0. The van der Waals surface area contributed by atoms with Gasteiger partial charge in [0.15, 0.2) is 0 Å². The Morgan fingerprint density at radius 2 is 1.14 bits per heavy atom. The average Bonchev–Trinajstić information content (AvgIpc) is 4.03. The molecule has 0 saturated carbocycles. The molecule has 0 amide bonds. The zero-order valence-electron chi connectivity index (χ0n) is 39.2. The van der Waals surface area contributed by atoms with Gasteiger partial charge in [0.2, 0.25) is 0 Å². The first-order valence-corrected chi connectivity index (χ1v) is 23.9. The zero-order chi connectivity index (χ0) is 47.8. The summed E-state index contributed by atoms with van der Waals surface area (Å²) in [5.74, 6) is 0.0689. The number of amidine groups is 1. The monoisotopic (exact) mass is 903 g/mol. The minimum atomic E-state index is -0.560. The van der Waals surface area contributed by atoms with Crippen LogP contribution in [0, 0.1) is 12.3 Å². The van der Waals surface area contributed by atoms with Crippen molar-refractivity contribution in [1.29, 1.82) is 5.41 Å². The van der Waals surface area contributed by atoms with Gasteiger partial charge < -0.3 is 20.6 Å². The van der Waals surface area contributed by atoms with Gasteiger partial charge in [-0.2, -0.15) is 0 Å². The van der Waals surface area contributed by atoms with Gasteiger partial charge >= 0.3 is 0 Å². The van der Waals surface area contributed by atoms with Crippen molar-refractivity contribution >= 4 is 55.1 Å². The highest BCUT2D eigenvalue weighted by atomic mass is 15.0. The highest BCUT2D eigenvalue weighted by Crippen LogP contribution is 2.58. The van der Waals surface area contributed by atoms with E-state index in [1.54, 1.807) is 0 Å². The van der Waals surface area contributed by atoms with Crippen molar-refractivity contribution in [2.45, 2.75) is 25.3 Å². The number of aromatic nitrogens is 2. The zero-order valence-corrected chi connectivity index (χ0v) is 39.2. The molecule has 2 aromatic heterocycles. The predicted molar refractivity (Wildman–Crippen MR) is 296 cm³/mol. The van der Waals surface area contributed by atoms with E-state index in [4.69, 9.17) is 16.9 Å². The van der Waals surface area contributed by atoms with E-state index in [1.807, 2.05) is 54.6 Å². The molecule has 1 aliphatic carbocycles. The molecule has 0 fully saturated rings. The van der Waals surface area contributed by atoms with Gasteiger partial charge in [-0.3, -0.25) is 5.41 Å². The van der Waals surface area contributed by atoms with E-state index in [0.29, 0.717) is 6.54 Å². The summed E-state index contributed by atoms with van der Waals surface area (Å²) in [6.45, 7) is 7.30. The predicted octanol–water partition coefficient (Wildman–Crippen LogP) is 15.3. The van der Waals surface area contributed by atoms with E-state index in [0.717, 1.165) is 62.2 Å². The maximum Gasteiger partial charge on any atom is 0.123 e. The van der Waals surface area contributed by atoms with Crippen LogP contribution in [0.4, 0.5) is 0 Å². The number of allylic oxidation sites excluding steroid dienone is 5. The maximum atomic E-state index is 8.82. The highest BCUT2D eigenvalue weighted by molar-refractivity contribution is 6.14. The van der Waals surface area contributed by atoms with Crippen LogP contribution in [0.15, 0.2) is 243 Å². The Balaban J connectivity index is 0.000000305. The fourth-order valence-electron chi connectivity index (χ4n) is 10.9. The maximum absolute atomic E-state index is 8.82. The molecular formula is C65H53N5. The third-order valence-corrected chi connectivity index (χ3v) is 14.0. The highest BCUT2D eigenvalue weighted by Gasteiger charge is 2.46. The first kappa shape index (κ1) is 43.8. The largest absolute Gasteiger partial charge is 0.384 e. The van der Waals surface area contributed by atoms with Gasteiger partial charge in [-0.25, -0.2) is 0 Å². The number of rotatable bonds is 4. The Bertz CT molecular complexity index is 3840. The number of nitrogens with zero attached hydrogens (tertiary/aromatic N) is 2. The Hall–Kier alpha value is -8.77. The second-order valence-electron chi connectivity index (χ2n) is 18.1. The molecule has 1 unspecified atom stereocenters. The van der Waals surface area contributed by atoms with Gasteiger partial charge in [-0.15, -0.1) is 0 Å². The van der Waals surface area contributed by atoms with E-state index in [2.05, 4.69) is 205 Å². The molecule has 70 heavy (non-hydrogen) atoms. The smallest absolute Gasteiger partial charge is 0.123 e. The van der Waals surface area contributed by atoms with Crippen LogP contribution in [-0.4, -0.2) is 15.0 Å². The van der Waals surface area contributed by atoms with Crippen LogP contribution in [0.25, 0.3) is 77.2 Å². The van der Waals surface area contributed by atoms with Gasteiger partial charge in [-0.1, -0.05) is 200 Å². The summed E-state index contributed by atoms with van der Waals surface area (Å²) in [5.41, 5.74) is 29.2. The molecule has 5 N–H and O–H groups in total. The molecular weight excluding hydrogens is 851 g/mol. The molecule has 2 aliphatic rings. The van der Waals surface area contributed by atoms with Crippen molar-refractivity contribution in [3.05, 3.63) is 277 Å². The number of hydrogen-bond acceptors (Lipinski definition) is 2. The van der Waals surface area contributed by atoms with Gasteiger partial charge in [0.25, 0.3) is 0 Å². The van der Waals surface area contributed by atoms with Crippen molar-refractivity contribution in [1.82, 2.24) is 9.13 Å². The van der Waals surface area contributed by atoms with Crippen molar-refractivity contribution in [2.24, 2.45) is 11.5 Å². The minimum Gasteiger partial charge on any atom is -0.384 e. The topological polar surface area (TPSA) is 85.8 Å². The van der Waals surface area contributed by atoms with Gasteiger partial charge in [-0.05, 0) is 106 Å². The summed E-state index contributed by atoms with van der Waals surface area (Å²) in [7, 11) is 0. The van der Waals surface area contributed by atoms with Crippen molar-refractivity contribution in [3.63, 3.8) is 0 Å². The summed E-state index contributed by atoms with van der Waals surface area (Å²) >= 11 is 0. The molecule has 1 atom stereocenters. The third kappa shape index (κ3) is 7.45. The van der Waals surface area contributed by atoms with E-state index in [-0.39, 0.29) is 5.84 Å². The van der Waals surface area contributed by atoms with Crippen LogP contribution in [0.2, 0.25) is 0 Å². The van der Waals surface area contributed by atoms with Crippen molar-refractivity contribution in [3.8, 4) is 27.9 Å². The molecule has 338 valence electrons. The molecule has 13 rings (SSSR count). The summed E-state index contributed by atoms with van der Waals surface area (Å²) in [5, 5.41) is 13.6. The molecule has 0 saturated heterocycles. The fraction of sp³-hybridized carbons (Fsp3) is 0.0615. The third-order valence-electron chi connectivity index (χ3n) is 14.0. The second kappa shape index (κ2) is 18.4. The minimum absolute atomic E-state index is 0.0689. The lowest BCUT2D eigenvalue weighted by Crippen LogP contribution is -2.27. The van der Waals surface area contributed by atoms with E-state index < -0.39 is 5.41 Å². The number of nitrogens with two attached hydrogens (primary N) is 2. The van der Waals surface area contributed by atoms with Crippen LogP contribution >= 0.6 is 0 Å².